The Kier molecular flexibility index (Phi) is 4.47. The van der Waals surface area contributed by atoms with E-state index in [1.54, 1.807) is 20.4 Å². The van der Waals surface area contributed by atoms with Crippen molar-refractivity contribution in [3.05, 3.63) is 41.5 Å². The van der Waals surface area contributed by atoms with E-state index < -0.39 is 0 Å². The summed E-state index contributed by atoms with van der Waals surface area (Å²) in [6.07, 6.45) is 1.76. The van der Waals surface area contributed by atoms with E-state index in [0.717, 1.165) is 17.9 Å². The summed E-state index contributed by atoms with van der Waals surface area (Å²) < 4.78 is 17.8. The monoisotopic (exact) mass is 317 g/mol. The molecule has 23 heavy (non-hydrogen) atoms. The minimum atomic E-state index is -0.225. The predicted octanol–water partition coefficient (Wildman–Crippen LogP) is 1.36. The summed E-state index contributed by atoms with van der Waals surface area (Å²) in [5, 5.41) is 2.86. The number of ether oxygens (including phenoxy) is 3. The third kappa shape index (κ3) is 3.29. The summed E-state index contributed by atoms with van der Waals surface area (Å²) in [5.74, 6) is 1.96. The van der Waals surface area contributed by atoms with Crippen LogP contribution in [-0.2, 0) is 24.4 Å². The molecular formula is C16H19N3O4. The zero-order chi connectivity index (χ0) is 16.2. The van der Waals surface area contributed by atoms with Crippen LogP contribution in [0.25, 0.3) is 0 Å². The number of hydrogen-bond acceptors (Lipinski definition) is 5. The third-order valence-electron chi connectivity index (χ3n) is 3.73. The highest BCUT2D eigenvalue weighted by atomic mass is 16.5. The van der Waals surface area contributed by atoms with Crippen molar-refractivity contribution >= 4 is 5.91 Å². The number of aromatic nitrogens is 2. The number of fused-ring (bicyclic) bond motifs is 1. The number of carbonyl (C=O) groups excluding carboxylic acids is 1. The van der Waals surface area contributed by atoms with Gasteiger partial charge >= 0.3 is 0 Å². The average Bonchev–Trinajstić information content (AvgIpc) is 3.03. The Hall–Kier alpha value is -2.54. The van der Waals surface area contributed by atoms with Gasteiger partial charge in [-0.2, -0.15) is 0 Å². The second-order valence-electron chi connectivity index (χ2n) is 5.15. The predicted molar refractivity (Wildman–Crippen MR) is 82.6 cm³/mol. The summed E-state index contributed by atoms with van der Waals surface area (Å²) in [6.45, 7) is 2.14. The van der Waals surface area contributed by atoms with Crippen molar-refractivity contribution in [2.24, 2.45) is 0 Å². The molecule has 0 bridgehead atoms. The summed E-state index contributed by atoms with van der Waals surface area (Å²) in [4.78, 5) is 16.6. The quantitative estimate of drug-likeness (QED) is 0.901. The van der Waals surface area contributed by atoms with E-state index in [2.05, 4.69) is 10.3 Å². The van der Waals surface area contributed by atoms with E-state index in [1.165, 1.54) is 0 Å². The molecule has 122 valence electrons. The van der Waals surface area contributed by atoms with Crippen LogP contribution in [0.15, 0.2) is 24.4 Å². The van der Waals surface area contributed by atoms with Crippen LogP contribution in [0.5, 0.6) is 11.5 Å². The van der Waals surface area contributed by atoms with Gasteiger partial charge in [-0.15, -0.1) is 0 Å². The topological polar surface area (TPSA) is 74.6 Å². The molecule has 0 saturated carbocycles. The van der Waals surface area contributed by atoms with E-state index in [1.807, 2.05) is 22.8 Å². The Morgan fingerprint density at radius 3 is 3.00 bits per heavy atom. The molecule has 1 aliphatic heterocycles. The van der Waals surface area contributed by atoms with Crippen LogP contribution in [0.2, 0.25) is 0 Å². The SMILES string of the molecule is COc1ccc(OC)c(CNC(=O)c2cn3c(n2)COCC3)c1. The molecule has 1 N–H and O–H groups in total. The lowest BCUT2D eigenvalue weighted by atomic mass is 10.2. The molecule has 0 radical (unpaired) electrons. The normalized spacial score (nSPS) is 13.3. The molecule has 0 unspecified atom stereocenters. The first-order valence-electron chi connectivity index (χ1n) is 7.34. The van der Waals surface area contributed by atoms with Gasteiger partial charge in [-0.25, -0.2) is 4.98 Å². The van der Waals surface area contributed by atoms with E-state index in [4.69, 9.17) is 14.2 Å². The molecule has 1 aromatic heterocycles. The minimum Gasteiger partial charge on any atom is -0.497 e. The molecule has 3 rings (SSSR count). The molecule has 1 amide bonds. The smallest absolute Gasteiger partial charge is 0.271 e. The fourth-order valence-electron chi connectivity index (χ4n) is 2.48. The molecule has 7 heteroatoms. The van der Waals surface area contributed by atoms with Gasteiger partial charge in [-0.05, 0) is 18.2 Å². The summed E-state index contributed by atoms with van der Waals surface area (Å²) >= 11 is 0. The molecular weight excluding hydrogens is 298 g/mol. The standard InChI is InChI=1S/C16H19N3O4/c1-21-12-3-4-14(22-2)11(7-12)8-17-16(20)13-9-19-5-6-23-10-15(19)18-13/h3-4,7,9H,5-6,8,10H2,1-2H3,(H,17,20). The number of carbonyl (C=O) groups is 1. The van der Waals surface area contributed by atoms with Crippen LogP contribution in [0.3, 0.4) is 0 Å². The van der Waals surface area contributed by atoms with Gasteiger partial charge < -0.3 is 24.1 Å². The molecule has 2 aromatic rings. The number of nitrogens with one attached hydrogen (secondary N) is 1. The highest BCUT2D eigenvalue weighted by Gasteiger charge is 2.17. The second kappa shape index (κ2) is 6.70. The Balaban J connectivity index is 1.70. The van der Waals surface area contributed by atoms with Crippen molar-refractivity contribution in [3.8, 4) is 11.5 Å². The van der Waals surface area contributed by atoms with E-state index in [0.29, 0.717) is 37.0 Å². The molecule has 0 saturated heterocycles. The second-order valence-corrected chi connectivity index (χ2v) is 5.15. The van der Waals surface area contributed by atoms with Gasteiger partial charge in [0.05, 0.1) is 20.8 Å². The zero-order valence-electron chi connectivity index (χ0n) is 13.2. The largest absolute Gasteiger partial charge is 0.497 e. The van der Waals surface area contributed by atoms with Gasteiger partial charge in [0.1, 0.15) is 29.6 Å². The van der Waals surface area contributed by atoms with Crippen molar-refractivity contribution in [1.82, 2.24) is 14.9 Å². The molecule has 7 nitrogen and oxygen atoms in total. The molecule has 0 spiro atoms. The van der Waals surface area contributed by atoms with Crippen molar-refractivity contribution < 1.29 is 19.0 Å². The van der Waals surface area contributed by atoms with Gasteiger partial charge in [0.25, 0.3) is 5.91 Å². The third-order valence-corrected chi connectivity index (χ3v) is 3.73. The first-order chi connectivity index (χ1) is 11.2. The van der Waals surface area contributed by atoms with Crippen LogP contribution in [0, 0.1) is 0 Å². The summed E-state index contributed by atoms with van der Waals surface area (Å²) in [6, 6.07) is 5.46. The van der Waals surface area contributed by atoms with Crippen molar-refractivity contribution in [3.63, 3.8) is 0 Å². The molecule has 1 aromatic carbocycles. The highest BCUT2D eigenvalue weighted by Crippen LogP contribution is 2.23. The number of amides is 1. The molecule has 0 fully saturated rings. The Bertz CT molecular complexity index is 688. The number of nitrogens with zero attached hydrogens (tertiary/aromatic N) is 2. The van der Waals surface area contributed by atoms with E-state index in [-0.39, 0.29) is 5.91 Å². The molecule has 0 aliphatic carbocycles. The molecule has 0 atom stereocenters. The number of rotatable bonds is 5. The molecule has 2 heterocycles. The van der Waals surface area contributed by atoms with Crippen LogP contribution in [-0.4, -0.2) is 36.3 Å². The lowest BCUT2D eigenvalue weighted by Gasteiger charge is -2.13. The minimum absolute atomic E-state index is 0.225. The lowest BCUT2D eigenvalue weighted by Crippen LogP contribution is -2.23. The summed E-state index contributed by atoms with van der Waals surface area (Å²) in [7, 11) is 3.19. The number of methoxy groups -OCH3 is 2. The van der Waals surface area contributed by atoms with Crippen LogP contribution < -0.4 is 14.8 Å². The van der Waals surface area contributed by atoms with Crippen molar-refractivity contribution in [1.29, 1.82) is 0 Å². The van der Waals surface area contributed by atoms with Gasteiger partial charge in [0, 0.05) is 24.8 Å². The number of imidazole rings is 1. The lowest BCUT2D eigenvalue weighted by molar-refractivity contribution is 0.0816. The highest BCUT2D eigenvalue weighted by molar-refractivity contribution is 5.92. The average molecular weight is 317 g/mol. The maximum atomic E-state index is 12.3. The van der Waals surface area contributed by atoms with E-state index in [9.17, 15) is 4.79 Å². The number of benzene rings is 1. The fraction of sp³-hybridized carbons (Fsp3) is 0.375. The van der Waals surface area contributed by atoms with Crippen LogP contribution >= 0.6 is 0 Å². The van der Waals surface area contributed by atoms with Gasteiger partial charge in [0.15, 0.2) is 0 Å². The Morgan fingerprint density at radius 1 is 1.39 bits per heavy atom. The zero-order valence-corrected chi connectivity index (χ0v) is 13.2. The first-order valence-corrected chi connectivity index (χ1v) is 7.34. The maximum absolute atomic E-state index is 12.3. The first kappa shape index (κ1) is 15.4. The summed E-state index contributed by atoms with van der Waals surface area (Å²) in [5.41, 5.74) is 1.24. The Morgan fingerprint density at radius 2 is 2.26 bits per heavy atom. The fourth-order valence-corrected chi connectivity index (χ4v) is 2.48. The number of hydrogen-bond donors (Lipinski definition) is 1. The van der Waals surface area contributed by atoms with Crippen molar-refractivity contribution in [2.75, 3.05) is 20.8 Å². The van der Waals surface area contributed by atoms with E-state index >= 15 is 0 Å². The maximum Gasteiger partial charge on any atom is 0.271 e. The van der Waals surface area contributed by atoms with Gasteiger partial charge in [-0.1, -0.05) is 0 Å². The van der Waals surface area contributed by atoms with Crippen molar-refractivity contribution in [2.45, 2.75) is 19.7 Å². The van der Waals surface area contributed by atoms with Gasteiger partial charge in [0.2, 0.25) is 0 Å². The van der Waals surface area contributed by atoms with Crippen LogP contribution in [0.1, 0.15) is 21.9 Å². The Labute approximate surface area is 134 Å². The molecule has 1 aliphatic rings. The van der Waals surface area contributed by atoms with Gasteiger partial charge in [-0.3, -0.25) is 4.79 Å². The van der Waals surface area contributed by atoms with Crippen LogP contribution in [0.4, 0.5) is 0 Å².